The molecule has 2 saturated heterocycles. The molecule has 0 unspecified atom stereocenters. The minimum atomic E-state index is -1.16. The van der Waals surface area contributed by atoms with Crippen molar-refractivity contribution in [3.63, 3.8) is 0 Å². The van der Waals surface area contributed by atoms with E-state index in [0.717, 1.165) is 80.0 Å². The zero-order valence-electron chi connectivity index (χ0n) is 20.9. The van der Waals surface area contributed by atoms with Crippen molar-refractivity contribution in [2.75, 3.05) is 32.9 Å². The van der Waals surface area contributed by atoms with E-state index in [-0.39, 0.29) is 6.10 Å². The molecule has 0 bridgehead atoms. The Kier molecular flexibility index (Phi) is 7.46. The first-order chi connectivity index (χ1) is 16.9. The summed E-state index contributed by atoms with van der Waals surface area (Å²) in [6, 6.07) is 9.61. The predicted molar refractivity (Wildman–Crippen MR) is 142 cm³/mol. The molecule has 2 fully saturated rings. The molecular formula is C26H35ClN4O3Si. The molecule has 0 amide bonds. The van der Waals surface area contributed by atoms with Crippen molar-refractivity contribution in [1.29, 1.82) is 0 Å². The van der Waals surface area contributed by atoms with Gasteiger partial charge < -0.3 is 14.2 Å². The third kappa shape index (κ3) is 5.89. The second kappa shape index (κ2) is 10.6. The van der Waals surface area contributed by atoms with Gasteiger partial charge in [-0.25, -0.2) is 4.98 Å². The van der Waals surface area contributed by atoms with Crippen LogP contribution in [0, 0.1) is 0 Å². The summed E-state index contributed by atoms with van der Waals surface area (Å²) in [7, 11) is -1.16. The Hall–Kier alpha value is -1.97. The molecule has 0 aromatic carbocycles. The lowest BCUT2D eigenvalue weighted by Crippen LogP contribution is -2.52. The second-order valence-corrected chi connectivity index (χ2v) is 16.8. The summed E-state index contributed by atoms with van der Waals surface area (Å²) < 4.78 is 19.7. The SMILES string of the molecule is C[Si](C)(C)CCOCn1c(-c2ccc(OC3CCN(C4COC4)CC3)cn2)cc2c(Cl)ccnc21. The number of fused-ring (bicyclic) bond motifs is 1. The largest absolute Gasteiger partial charge is 0.489 e. The number of hydrogen-bond acceptors (Lipinski definition) is 6. The molecule has 2 aliphatic rings. The number of piperidine rings is 1. The summed E-state index contributed by atoms with van der Waals surface area (Å²) in [6.07, 6.45) is 5.86. The van der Waals surface area contributed by atoms with Gasteiger partial charge in [-0.1, -0.05) is 31.2 Å². The van der Waals surface area contributed by atoms with Gasteiger partial charge in [0.05, 0.1) is 41.9 Å². The highest BCUT2D eigenvalue weighted by Gasteiger charge is 2.30. The fourth-order valence-corrected chi connectivity index (χ4v) is 5.53. The maximum absolute atomic E-state index is 6.49. The molecule has 5 heterocycles. The van der Waals surface area contributed by atoms with E-state index in [1.165, 1.54) is 0 Å². The van der Waals surface area contributed by atoms with Crippen molar-refractivity contribution in [2.24, 2.45) is 0 Å². The van der Waals surface area contributed by atoms with Crippen LogP contribution in [0.15, 0.2) is 36.7 Å². The first kappa shape index (κ1) is 24.7. The van der Waals surface area contributed by atoms with Gasteiger partial charge in [-0.2, -0.15) is 0 Å². The third-order valence-electron chi connectivity index (χ3n) is 6.88. The highest BCUT2D eigenvalue weighted by atomic mass is 35.5. The van der Waals surface area contributed by atoms with Crippen LogP contribution in [-0.4, -0.2) is 72.6 Å². The van der Waals surface area contributed by atoms with Crippen molar-refractivity contribution in [3.05, 3.63) is 41.7 Å². The number of likely N-dealkylation sites (tertiary alicyclic amines) is 1. The monoisotopic (exact) mass is 514 g/mol. The van der Waals surface area contributed by atoms with Crippen LogP contribution in [-0.2, 0) is 16.2 Å². The molecule has 0 spiro atoms. The van der Waals surface area contributed by atoms with Gasteiger partial charge in [0.2, 0.25) is 0 Å². The number of aromatic nitrogens is 3. The van der Waals surface area contributed by atoms with Crippen LogP contribution >= 0.6 is 11.6 Å². The summed E-state index contributed by atoms with van der Waals surface area (Å²) in [5, 5.41) is 1.58. The van der Waals surface area contributed by atoms with Gasteiger partial charge in [-0.3, -0.25) is 14.5 Å². The van der Waals surface area contributed by atoms with E-state index in [2.05, 4.69) is 40.2 Å². The number of ether oxygens (including phenoxy) is 3. The Labute approximate surface area is 213 Å². The van der Waals surface area contributed by atoms with Crippen LogP contribution in [0.3, 0.4) is 0 Å². The lowest BCUT2D eigenvalue weighted by atomic mass is 10.0. The molecule has 0 N–H and O–H groups in total. The van der Waals surface area contributed by atoms with Crippen molar-refractivity contribution >= 4 is 30.7 Å². The molecule has 188 valence electrons. The highest BCUT2D eigenvalue weighted by Crippen LogP contribution is 2.31. The molecule has 5 rings (SSSR count). The summed E-state index contributed by atoms with van der Waals surface area (Å²) in [4.78, 5) is 11.8. The van der Waals surface area contributed by atoms with Crippen molar-refractivity contribution in [1.82, 2.24) is 19.4 Å². The molecule has 0 atom stereocenters. The molecule has 7 nitrogen and oxygen atoms in total. The Morgan fingerprint density at radius 2 is 1.91 bits per heavy atom. The van der Waals surface area contributed by atoms with Gasteiger partial charge in [0.15, 0.2) is 0 Å². The topological polar surface area (TPSA) is 61.6 Å². The smallest absolute Gasteiger partial charge is 0.143 e. The minimum absolute atomic E-state index is 0.231. The van der Waals surface area contributed by atoms with E-state index in [4.69, 9.17) is 30.8 Å². The van der Waals surface area contributed by atoms with Crippen molar-refractivity contribution in [3.8, 4) is 17.1 Å². The quantitative estimate of drug-likeness (QED) is 0.285. The van der Waals surface area contributed by atoms with Gasteiger partial charge in [0.1, 0.15) is 24.2 Å². The van der Waals surface area contributed by atoms with Crippen LogP contribution in [0.25, 0.3) is 22.4 Å². The Bertz CT molecular complexity index is 1140. The first-order valence-electron chi connectivity index (χ1n) is 12.5. The Morgan fingerprint density at radius 3 is 2.57 bits per heavy atom. The number of halogens is 1. The molecule has 3 aromatic heterocycles. The molecule has 0 saturated carbocycles. The molecule has 0 radical (unpaired) electrons. The Morgan fingerprint density at radius 1 is 1.11 bits per heavy atom. The maximum atomic E-state index is 6.49. The van der Waals surface area contributed by atoms with Gasteiger partial charge in [-0.15, -0.1) is 0 Å². The number of rotatable bonds is 9. The zero-order chi connectivity index (χ0) is 24.4. The van der Waals surface area contributed by atoms with Crippen molar-refractivity contribution < 1.29 is 14.2 Å². The van der Waals surface area contributed by atoms with E-state index >= 15 is 0 Å². The fraction of sp³-hybridized carbons (Fsp3) is 0.538. The van der Waals surface area contributed by atoms with Crippen LogP contribution in [0.1, 0.15) is 12.8 Å². The summed E-state index contributed by atoms with van der Waals surface area (Å²) >= 11 is 6.49. The normalized spacial score (nSPS) is 18.2. The molecular weight excluding hydrogens is 480 g/mol. The number of nitrogens with zero attached hydrogens (tertiary/aromatic N) is 4. The molecule has 9 heteroatoms. The zero-order valence-corrected chi connectivity index (χ0v) is 22.6. The van der Waals surface area contributed by atoms with E-state index in [1.807, 2.05) is 24.4 Å². The van der Waals surface area contributed by atoms with Crippen LogP contribution in [0.4, 0.5) is 0 Å². The average Bonchev–Trinajstić information content (AvgIpc) is 3.17. The Balaban J connectivity index is 1.28. The maximum Gasteiger partial charge on any atom is 0.143 e. The van der Waals surface area contributed by atoms with Gasteiger partial charge in [-0.05, 0) is 43.2 Å². The second-order valence-electron chi connectivity index (χ2n) is 10.8. The molecule has 35 heavy (non-hydrogen) atoms. The van der Waals surface area contributed by atoms with Gasteiger partial charge in [0.25, 0.3) is 0 Å². The molecule has 3 aromatic rings. The standard InChI is InChI=1S/C26H35ClN4O3Si/c1-35(2,3)13-12-32-18-31-25(14-22-23(27)6-9-28-26(22)31)24-5-4-21(15-29-24)34-20-7-10-30(11-8-20)19-16-33-17-19/h4-6,9,14-15,19-20H,7-8,10-13,16-18H2,1-3H3. The third-order valence-corrected chi connectivity index (χ3v) is 8.91. The van der Waals surface area contributed by atoms with Crippen LogP contribution in [0.2, 0.25) is 30.7 Å². The fourth-order valence-electron chi connectivity index (χ4n) is 4.58. The summed E-state index contributed by atoms with van der Waals surface area (Å²) in [5.41, 5.74) is 2.60. The van der Waals surface area contributed by atoms with Gasteiger partial charge >= 0.3 is 0 Å². The predicted octanol–water partition coefficient (Wildman–Crippen LogP) is 5.31. The number of hydrogen-bond donors (Lipinski definition) is 0. The highest BCUT2D eigenvalue weighted by molar-refractivity contribution is 6.76. The lowest BCUT2D eigenvalue weighted by Gasteiger charge is -2.41. The van der Waals surface area contributed by atoms with Crippen LogP contribution < -0.4 is 4.74 Å². The first-order valence-corrected chi connectivity index (χ1v) is 16.6. The van der Waals surface area contributed by atoms with E-state index < -0.39 is 8.07 Å². The van der Waals surface area contributed by atoms with E-state index in [0.29, 0.717) is 17.8 Å². The summed E-state index contributed by atoms with van der Waals surface area (Å²) in [6.45, 7) is 12.1. The molecule has 0 aliphatic carbocycles. The molecule has 2 aliphatic heterocycles. The van der Waals surface area contributed by atoms with E-state index in [1.54, 1.807) is 6.20 Å². The van der Waals surface area contributed by atoms with Crippen molar-refractivity contribution in [2.45, 2.75) is 57.4 Å². The minimum Gasteiger partial charge on any atom is -0.489 e. The van der Waals surface area contributed by atoms with E-state index in [9.17, 15) is 0 Å². The lowest BCUT2D eigenvalue weighted by molar-refractivity contribution is -0.0778. The average molecular weight is 515 g/mol. The summed E-state index contributed by atoms with van der Waals surface area (Å²) in [5.74, 6) is 0.810. The number of pyridine rings is 2. The van der Waals surface area contributed by atoms with Crippen LogP contribution in [0.5, 0.6) is 5.75 Å². The van der Waals surface area contributed by atoms with Gasteiger partial charge in [0, 0.05) is 39.4 Å².